The number of rotatable bonds is 9. The Morgan fingerprint density at radius 2 is 1.89 bits per heavy atom. The van der Waals surface area contributed by atoms with E-state index in [0.29, 0.717) is 12.4 Å². The van der Waals surface area contributed by atoms with Crippen molar-refractivity contribution in [2.45, 2.75) is 32.0 Å². The molecule has 1 aromatic carbocycles. The van der Waals surface area contributed by atoms with Crippen molar-refractivity contribution < 1.29 is 45.9 Å². The van der Waals surface area contributed by atoms with Crippen LogP contribution in [-0.2, 0) is 39.1 Å². The molecule has 0 aliphatic carbocycles. The minimum absolute atomic E-state index is 0. The molecule has 36 heavy (non-hydrogen) atoms. The van der Waals surface area contributed by atoms with Crippen LogP contribution in [0.25, 0.3) is 11.3 Å². The minimum Gasteiger partial charge on any atom is -0.405 e. The number of nitrogens with one attached hydrogen (secondary N) is 2. The summed E-state index contributed by atoms with van der Waals surface area (Å²) in [5.74, 6) is 0.705. The van der Waals surface area contributed by atoms with Gasteiger partial charge in [-0.1, -0.05) is 61.5 Å². The van der Waals surface area contributed by atoms with Crippen molar-refractivity contribution in [2.75, 3.05) is 23.8 Å². The van der Waals surface area contributed by atoms with Crippen LogP contribution in [0.3, 0.4) is 0 Å². The average molecular weight is 574 g/mol. The van der Waals surface area contributed by atoms with E-state index >= 15 is 0 Å². The Balaban J connectivity index is 0.00000154. The van der Waals surface area contributed by atoms with Crippen LogP contribution in [0, 0.1) is 6.92 Å². The Morgan fingerprint density at radius 3 is 2.42 bits per heavy atom. The number of pyridine rings is 1. The number of aromatic nitrogens is 3. The van der Waals surface area contributed by atoms with E-state index in [4.69, 9.17) is 4.98 Å². The fourth-order valence-corrected chi connectivity index (χ4v) is 3.42. The number of hydrogen-bond donors (Lipinski definition) is 3. The standard InChI is InChI=1S/C24H27F3N5.C2H5N.Y/c1-4-5-6-13-32(17(2)19-9-7-18(8-10-19)15-24(25,26)27)23-22(28-3)14-20(16-29-23)21-11-12-30-31-21;1-2-3;/h5-12,14,16-17,28H,2,4,13,15H2,1,3H3,(H,30,31);2H,1,3H2;/q-1;;. The molecular formula is C26H32F3N6Y-. The SMILES string of the molecule is C=CN.[CH2-]C(c1ccc(CC(F)(F)F)cc1)N(CC=CCC)c1ncc(-c2ccn[nH]2)cc1NC.[Y]. The zero-order valence-electron chi connectivity index (χ0n) is 20.6. The van der Waals surface area contributed by atoms with Gasteiger partial charge in [0.25, 0.3) is 0 Å². The first-order valence-corrected chi connectivity index (χ1v) is 11.1. The van der Waals surface area contributed by atoms with Crippen LogP contribution in [0.2, 0.25) is 0 Å². The third-order valence-corrected chi connectivity index (χ3v) is 5.07. The summed E-state index contributed by atoms with van der Waals surface area (Å²) in [6, 6.07) is 9.91. The maximum Gasteiger partial charge on any atom is 0.393 e. The summed E-state index contributed by atoms with van der Waals surface area (Å²) in [4.78, 5) is 6.71. The van der Waals surface area contributed by atoms with Gasteiger partial charge in [-0.2, -0.15) is 18.3 Å². The zero-order valence-corrected chi connectivity index (χ0v) is 23.4. The van der Waals surface area contributed by atoms with E-state index in [1.54, 1.807) is 24.5 Å². The molecule has 0 spiro atoms. The molecule has 6 nitrogen and oxygen atoms in total. The molecule has 3 aromatic rings. The monoisotopic (exact) mass is 574 g/mol. The Morgan fingerprint density at radius 1 is 1.22 bits per heavy atom. The molecule has 0 bridgehead atoms. The number of aromatic amines is 1. The van der Waals surface area contributed by atoms with Gasteiger partial charge < -0.3 is 22.9 Å². The largest absolute Gasteiger partial charge is 0.405 e. The summed E-state index contributed by atoms with van der Waals surface area (Å²) >= 11 is 0. The first-order chi connectivity index (χ1) is 16.7. The van der Waals surface area contributed by atoms with Gasteiger partial charge in [0.2, 0.25) is 0 Å². The van der Waals surface area contributed by atoms with Gasteiger partial charge in [-0.15, -0.1) is 0 Å². The summed E-state index contributed by atoms with van der Waals surface area (Å²) in [5, 5.41) is 10.1. The number of benzene rings is 1. The quantitative estimate of drug-likeness (QED) is 0.214. The first-order valence-electron chi connectivity index (χ1n) is 11.1. The van der Waals surface area contributed by atoms with Crippen molar-refractivity contribution >= 4 is 11.5 Å². The molecule has 191 valence electrons. The number of hydrogen-bond acceptors (Lipinski definition) is 5. The van der Waals surface area contributed by atoms with Crippen molar-refractivity contribution in [3.05, 3.63) is 91.8 Å². The number of alkyl halides is 3. The topological polar surface area (TPSA) is 82.9 Å². The van der Waals surface area contributed by atoms with Crippen molar-refractivity contribution in [3.63, 3.8) is 0 Å². The van der Waals surface area contributed by atoms with Gasteiger partial charge in [-0.05, 0) is 30.3 Å². The van der Waals surface area contributed by atoms with E-state index in [9.17, 15) is 13.2 Å². The van der Waals surface area contributed by atoms with Gasteiger partial charge in [-0.3, -0.25) is 5.10 Å². The molecular weight excluding hydrogens is 542 g/mol. The fourth-order valence-electron chi connectivity index (χ4n) is 3.42. The summed E-state index contributed by atoms with van der Waals surface area (Å²) in [7, 11) is 1.82. The zero-order chi connectivity index (χ0) is 25.8. The smallest absolute Gasteiger partial charge is 0.393 e. The minimum atomic E-state index is -4.23. The van der Waals surface area contributed by atoms with E-state index in [0.717, 1.165) is 28.9 Å². The molecule has 0 saturated carbocycles. The first kappa shape index (κ1) is 31.4. The van der Waals surface area contributed by atoms with Crippen molar-refractivity contribution in [2.24, 2.45) is 5.73 Å². The van der Waals surface area contributed by atoms with Crippen LogP contribution in [0.4, 0.5) is 24.7 Å². The number of nitrogens with zero attached hydrogens (tertiary/aromatic N) is 3. The average Bonchev–Trinajstić information content (AvgIpc) is 3.36. The van der Waals surface area contributed by atoms with Crippen molar-refractivity contribution in [3.8, 4) is 11.3 Å². The fraction of sp³-hybridized carbons (Fsp3) is 0.269. The third-order valence-electron chi connectivity index (χ3n) is 5.07. The van der Waals surface area contributed by atoms with Gasteiger partial charge in [-0.25, -0.2) is 4.98 Å². The second kappa shape index (κ2) is 15.5. The maximum absolute atomic E-state index is 12.7. The molecule has 1 unspecified atom stereocenters. The van der Waals surface area contributed by atoms with Gasteiger partial charge >= 0.3 is 6.18 Å². The van der Waals surface area contributed by atoms with Gasteiger partial charge in [0.05, 0.1) is 17.8 Å². The Labute approximate surface area is 236 Å². The number of nitrogens with two attached hydrogens (primary N) is 1. The van der Waals surface area contributed by atoms with Crippen LogP contribution in [0.5, 0.6) is 0 Å². The Bertz CT molecular complexity index is 1070. The van der Waals surface area contributed by atoms with E-state index in [1.807, 2.05) is 30.2 Å². The van der Waals surface area contributed by atoms with Crippen LogP contribution >= 0.6 is 0 Å². The van der Waals surface area contributed by atoms with E-state index in [2.05, 4.69) is 47.8 Å². The van der Waals surface area contributed by atoms with Crippen molar-refractivity contribution in [1.82, 2.24) is 15.2 Å². The summed E-state index contributed by atoms with van der Waals surface area (Å²) in [6.45, 7) is 10.0. The molecule has 0 fully saturated rings. The number of halogens is 3. The molecule has 1 atom stereocenters. The second-order valence-corrected chi connectivity index (χ2v) is 7.63. The third kappa shape index (κ3) is 9.43. The molecule has 10 heteroatoms. The van der Waals surface area contributed by atoms with Gasteiger partial charge in [0.1, 0.15) is 5.82 Å². The molecule has 4 N–H and O–H groups in total. The van der Waals surface area contributed by atoms with E-state index < -0.39 is 12.6 Å². The van der Waals surface area contributed by atoms with E-state index in [1.165, 1.54) is 18.3 Å². The predicted molar refractivity (Wildman–Crippen MR) is 137 cm³/mol. The molecule has 2 heterocycles. The molecule has 2 aromatic heterocycles. The predicted octanol–water partition coefficient (Wildman–Crippen LogP) is 6.05. The van der Waals surface area contributed by atoms with Crippen LogP contribution in [0.1, 0.15) is 30.5 Å². The summed E-state index contributed by atoms with van der Waals surface area (Å²) in [5.41, 5.74) is 8.19. The Kier molecular flexibility index (Phi) is 13.5. The van der Waals surface area contributed by atoms with Gasteiger partial charge in [0, 0.05) is 64.3 Å². The molecule has 0 aliphatic rings. The van der Waals surface area contributed by atoms with Crippen LogP contribution in [0.15, 0.2) is 73.7 Å². The van der Waals surface area contributed by atoms with Crippen molar-refractivity contribution in [1.29, 1.82) is 0 Å². The maximum atomic E-state index is 12.7. The number of anilines is 2. The Hall–Kier alpha value is -2.65. The van der Waals surface area contributed by atoms with E-state index in [-0.39, 0.29) is 44.3 Å². The molecule has 3 rings (SSSR count). The molecule has 0 amide bonds. The molecule has 1 radical (unpaired) electrons. The normalized spacial score (nSPS) is 11.7. The molecule has 0 aliphatic heterocycles. The van der Waals surface area contributed by atoms with Gasteiger partial charge in [0.15, 0.2) is 0 Å². The summed E-state index contributed by atoms with van der Waals surface area (Å²) in [6.07, 6.45) is 4.51. The number of allylic oxidation sites excluding steroid dienone is 1. The summed E-state index contributed by atoms with van der Waals surface area (Å²) < 4.78 is 38.1. The second-order valence-electron chi connectivity index (χ2n) is 7.63. The molecule has 0 saturated heterocycles. The van der Waals surface area contributed by atoms with Crippen LogP contribution in [-0.4, -0.2) is 35.0 Å². The van der Waals surface area contributed by atoms with Crippen LogP contribution < -0.4 is 16.0 Å². The number of H-pyrrole nitrogens is 1.